The van der Waals surface area contributed by atoms with Crippen molar-refractivity contribution >= 4 is 0 Å². The first kappa shape index (κ1) is 14.0. The van der Waals surface area contributed by atoms with Crippen LogP contribution in [0.25, 0.3) is 0 Å². The van der Waals surface area contributed by atoms with Gasteiger partial charge in [-0.15, -0.1) is 0 Å². The van der Waals surface area contributed by atoms with Crippen LogP contribution in [0.1, 0.15) is 65.2 Å². The van der Waals surface area contributed by atoms with Gasteiger partial charge in [-0.1, -0.05) is 38.5 Å². The molecule has 1 aliphatic rings. The lowest BCUT2D eigenvalue weighted by Crippen LogP contribution is -2.41. The fourth-order valence-electron chi connectivity index (χ4n) is 2.51. The molecule has 1 saturated heterocycles. The standard InChI is InChI=1S/C14H29NO/c1-13(14(2)16)15-11-9-7-5-3-4-6-8-10-12-15/h13-14,16H,3-12H2,1-2H3. The van der Waals surface area contributed by atoms with Gasteiger partial charge in [-0.3, -0.25) is 4.90 Å². The summed E-state index contributed by atoms with van der Waals surface area (Å²) in [6.07, 6.45) is 10.8. The SMILES string of the molecule is CC(O)C(C)N1CCCCCCCCCC1. The van der Waals surface area contributed by atoms with Crippen molar-refractivity contribution in [1.29, 1.82) is 0 Å². The summed E-state index contributed by atoms with van der Waals surface area (Å²) >= 11 is 0. The van der Waals surface area contributed by atoms with E-state index in [-0.39, 0.29) is 6.10 Å². The molecule has 0 radical (unpaired) electrons. The molecule has 0 aromatic carbocycles. The molecule has 0 aromatic rings. The maximum absolute atomic E-state index is 9.68. The van der Waals surface area contributed by atoms with Crippen molar-refractivity contribution in [1.82, 2.24) is 4.90 Å². The minimum Gasteiger partial charge on any atom is -0.392 e. The zero-order chi connectivity index (χ0) is 11.8. The summed E-state index contributed by atoms with van der Waals surface area (Å²) in [5, 5.41) is 9.68. The van der Waals surface area contributed by atoms with Crippen LogP contribution in [0.3, 0.4) is 0 Å². The molecule has 0 spiro atoms. The molecular weight excluding hydrogens is 198 g/mol. The molecule has 0 saturated carbocycles. The lowest BCUT2D eigenvalue weighted by molar-refractivity contribution is 0.0685. The topological polar surface area (TPSA) is 23.5 Å². The molecule has 2 nitrogen and oxygen atoms in total. The molecule has 2 unspecified atom stereocenters. The van der Waals surface area contributed by atoms with Crippen LogP contribution in [0.5, 0.6) is 0 Å². The van der Waals surface area contributed by atoms with Gasteiger partial charge in [0.15, 0.2) is 0 Å². The Labute approximate surface area is 101 Å². The van der Waals surface area contributed by atoms with Gasteiger partial charge in [0.05, 0.1) is 6.10 Å². The second-order valence-corrected chi connectivity index (χ2v) is 5.35. The van der Waals surface area contributed by atoms with Crippen molar-refractivity contribution in [3.8, 4) is 0 Å². The Balaban J connectivity index is 2.38. The largest absolute Gasteiger partial charge is 0.392 e. The molecule has 1 aliphatic heterocycles. The number of hydrogen-bond acceptors (Lipinski definition) is 2. The van der Waals surface area contributed by atoms with E-state index < -0.39 is 0 Å². The molecule has 0 bridgehead atoms. The Morgan fingerprint density at radius 3 is 1.50 bits per heavy atom. The number of nitrogens with zero attached hydrogens (tertiary/aromatic N) is 1. The van der Waals surface area contributed by atoms with Crippen molar-refractivity contribution < 1.29 is 5.11 Å². The predicted molar refractivity (Wildman–Crippen MR) is 69.7 cm³/mol. The fraction of sp³-hybridized carbons (Fsp3) is 1.00. The second kappa shape index (κ2) is 8.08. The highest BCUT2D eigenvalue weighted by Gasteiger charge is 2.17. The van der Waals surface area contributed by atoms with Crippen LogP contribution in [0.15, 0.2) is 0 Å². The van der Waals surface area contributed by atoms with Gasteiger partial charge in [0.25, 0.3) is 0 Å². The third-order valence-electron chi connectivity index (χ3n) is 3.91. The van der Waals surface area contributed by atoms with Crippen LogP contribution in [0, 0.1) is 0 Å². The molecule has 96 valence electrons. The van der Waals surface area contributed by atoms with Gasteiger partial charge in [-0.05, 0) is 39.8 Å². The maximum Gasteiger partial charge on any atom is 0.0664 e. The van der Waals surface area contributed by atoms with Crippen molar-refractivity contribution in [3.63, 3.8) is 0 Å². The summed E-state index contributed by atoms with van der Waals surface area (Å²) in [5.74, 6) is 0. The van der Waals surface area contributed by atoms with Crippen molar-refractivity contribution in [2.45, 2.75) is 77.4 Å². The molecular formula is C14H29NO. The third-order valence-corrected chi connectivity index (χ3v) is 3.91. The lowest BCUT2D eigenvalue weighted by Gasteiger charge is -2.31. The second-order valence-electron chi connectivity index (χ2n) is 5.35. The van der Waals surface area contributed by atoms with E-state index in [1.54, 1.807) is 0 Å². The van der Waals surface area contributed by atoms with E-state index >= 15 is 0 Å². The molecule has 2 atom stereocenters. The number of aliphatic hydroxyl groups is 1. The molecule has 16 heavy (non-hydrogen) atoms. The Bertz CT molecular complexity index is 158. The van der Waals surface area contributed by atoms with Crippen LogP contribution >= 0.6 is 0 Å². The quantitative estimate of drug-likeness (QED) is 0.783. The normalized spacial score (nSPS) is 25.7. The van der Waals surface area contributed by atoms with Gasteiger partial charge in [-0.25, -0.2) is 0 Å². The van der Waals surface area contributed by atoms with Gasteiger partial charge in [0.2, 0.25) is 0 Å². The van der Waals surface area contributed by atoms with E-state index in [1.807, 2.05) is 6.92 Å². The minimum atomic E-state index is -0.204. The van der Waals surface area contributed by atoms with E-state index in [2.05, 4.69) is 11.8 Å². The summed E-state index contributed by atoms with van der Waals surface area (Å²) < 4.78 is 0. The predicted octanol–water partition coefficient (Wildman–Crippen LogP) is 3.19. The fourth-order valence-corrected chi connectivity index (χ4v) is 2.51. The van der Waals surface area contributed by atoms with Crippen LogP contribution in [-0.2, 0) is 0 Å². The molecule has 1 rings (SSSR count). The van der Waals surface area contributed by atoms with Gasteiger partial charge in [0.1, 0.15) is 0 Å². The summed E-state index contributed by atoms with van der Waals surface area (Å²) in [4.78, 5) is 2.48. The first-order valence-electron chi connectivity index (χ1n) is 7.14. The zero-order valence-electron chi connectivity index (χ0n) is 11.1. The number of aliphatic hydroxyl groups excluding tert-OH is 1. The Hall–Kier alpha value is -0.0800. The zero-order valence-corrected chi connectivity index (χ0v) is 11.1. The monoisotopic (exact) mass is 227 g/mol. The van der Waals surface area contributed by atoms with E-state index in [1.165, 1.54) is 64.5 Å². The molecule has 0 aliphatic carbocycles. The average molecular weight is 227 g/mol. The first-order chi connectivity index (χ1) is 7.72. The number of hydrogen-bond donors (Lipinski definition) is 1. The summed E-state index contributed by atoms with van der Waals surface area (Å²) in [7, 11) is 0. The van der Waals surface area contributed by atoms with Crippen molar-refractivity contribution in [3.05, 3.63) is 0 Å². The molecule has 0 aromatic heterocycles. The van der Waals surface area contributed by atoms with Gasteiger partial charge >= 0.3 is 0 Å². The molecule has 0 amide bonds. The highest BCUT2D eigenvalue weighted by molar-refractivity contribution is 4.72. The molecule has 1 heterocycles. The van der Waals surface area contributed by atoms with Gasteiger partial charge < -0.3 is 5.11 Å². The van der Waals surface area contributed by atoms with Crippen LogP contribution < -0.4 is 0 Å². The van der Waals surface area contributed by atoms with E-state index in [0.717, 1.165) is 0 Å². The summed E-state index contributed by atoms with van der Waals surface area (Å²) in [5.41, 5.74) is 0. The highest BCUT2D eigenvalue weighted by atomic mass is 16.3. The number of rotatable bonds is 2. The van der Waals surface area contributed by atoms with Crippen molar-refractivity contribution in [2.24, 2.45) is 0 Å². The maximum atomic E-state index is 9.68. The summed E-state index contributed by atoms with van der Waals surface area (Å²) in [6, 6.07) is 0.320. The van der Waals surface area contributed by atoms with Gasteiger partial charge in [-0.2, -0.15) is 0 Å². The van der Waals surface area contributed by atoms with E-state index in [0.29, 0.717) is 6.04 Å². The molecule has 1 fully saturated rings. The van der Waals surface area contributed by atoms with Gasteiger partial charge in [0, 0.05) is 6.04 Å². The Morgan fingerprint density at radius 1 is 0.750 bits per heavy atom. The van der Waals surface area contributed by atoms with E-state index in [4.69, 9.17) is 0 Å². The Morgan fingerprint density at radius 2 is 1.12 bits per heavy atom. The lowest BCUT2D eigenvalue weighted by atomic mass is 10.1. The van der Waals surface area contributed by atoms with Crippen molar-refractivity contribution in [2.75, 3.05) is 13.1 Å². The highest BCUT2D eigenvalue weighted by Crippen LogP contribution is 2.14. The third kappa shape index (κ3) is 5.31. The molecule has 1 N–H and O–H groups in total. The summed E-state index contributed by atoms with van der Waals surface area (Å²) in [6.45, 7) is 6.41. The minimum absolute atomic E-state index is 0.204. The van der Waals surface area contributed by atoms with Crippen LogP contribution in [0.4, 0.5) is 0 Å². The smallest absolute Gasteiger partial charge is 0.0664 e. The first-order valence-corrected chi connectivity index (χ1v) is 7.14. The van der Waals surface area contributed by atoms with E-state index in [9.17, 15) is 5.11 Å². The average Bonchev–Trinajstić information content (AvgIpc) is 2.32. The molecule has 2 heteroatoms. The Kier molecular flexibility index (Phi) is 7.06. The van der Waals surface area contributed by atoms with Crippen LogP contribution in [-0.4, -0.2) is 35.2 Å². The van der Waals surface area contributed by atoms with Crippen LogP contribution in [0.2, 0.25) is 0 Å².